The number of nitrogens with zero attached hydrogens (tertiary/aromatic N) is 8. The molecule has 3 aromatic rings. The van der Waals surface area contributed by atoms with Gasteiger partial charge < -0.3 is 4.74 Å². The highest BCUT2D eigenvalue weighted by atomic mass is 35.5. The fraction of sp³-hybridized carbons (Fsp3) is 0.500. The van der Waals surface area contributed by atoms with E-state index in [1.54, 1.807) is 17.9 Å². The highest BCUT2D eigenvalue weighted by Crippen LogP contribution is 2.32. The summed E-state index contributed by atoms with van der Waals surface area (Å²) in [6.45, 7) is 10.5. The van der Waals surface area contributed by atoms with Crippen LogP contribution in [0.1, 0.15) is 37.9 Å². The zero-order valence-electron chi connectivity index (χ0n) is 19.9. The molecule has 1 aliphatic heterocycles. The summed E-state index contributed by atoms with van der Waals surface area (Å²) in [5.74, 6) is 0.754. The van der Waals surface area contributed by atoms with E-state index in [0.717, 1.165) is 28.1 Å². The summed E-state index contributed by atoms with van der Waals surface area (Å²) >= 11 is 6.29. The summed E-state index contributed by atoms with van der Waals surface area (Å²) in [7, 11) is 3.40. The molecule has 11 heteroatoms. The topological polar surface area (TPSA) is 95.4 Å². The Labute approximate surface area is 197 Å². The lowest BCUT2D eigenvalue weighted by Crippen LogP contribution is -2.49. The van der Waals surface area contributed by atoms with Crippen LogP contribution in [-0.4, -0.2) is 59.0 Å². The number of aromatic nitrogens is 6. The lowest BCUT2D eigenvalue weighted by Gasteiger charge is -2.37. The van der Waals surface area contributed by atoms with Crippen molar-refractivity contribution in [1.82, 2.24) is 34.6 Å². The van der Waals surface area contributed by atoms with Crippen LogP contribution in [0.4, 0.5) is 0 Å². The molecule has 0 radical (unpaired) electrons. The van der Waals surface area contributed by atoms with Crippen molar-refractivity contribution >= 4 is 17.8 Å². The van der Waals surface area contributed by atoms with E-state index in [1.165, 1.54) is 9.36 Å². The van der Waals surface area contributed by atoms with Gasteiger partial charge in [-0.1, -0.05) is 11.6 Å². The highest BCUT2D eigenvalue weighted by molar-refractivity contribution is 6.30. The first-order valence-corrected chi connectivity index (χ1v) is 11.1. The number of benzene rings is 1. The zero-order chi connectivity index (χ0) is 24.1. The quantitative estimate of drug-likeness (QED) is 0.566. The molecule has 4 rings (SSSR count). The SMILES string of the molecule is Cc1cc(-c2nn(C)c(Cl)c2C)ccc1OCC1C(n2nnn(C)c2=O)C=NN1C(C)(C)C. The molecule has 2 aromatic heterocycles. The third kappa shape index (κ3) is 4.15. The van der Waals surface area contributed by atoms with Crippen molar-refractivity contribution < 1.29 is 4.74 Å². The van der Waals surface area contributed by atoms with Crippen LogP contribution in [0.25, 0.3) is 11.3 Å². The molecule has 0 N–H and O–H groups in total. The molecule has 10 nitrogen and oxygen atoms in total. The number of hydrogen-bond acceptors (Lipinski definition) is 7. The van der Waals surface area contributed by atoms with Crippen LogP contribution in [0.5, 0.6) is 5.75 Å². The average molecular weight is 473 g/mol. The summed E-state index contributed by atoms with van der Waals surface area (Å²) in [5, 5.41) is 19.6. The maximum absolute atomic E-state index is 12.5. The van der Waals surface area contributed by atoms with E-state index in [4.69, 9.17) is 16.3 Å². The second-order valence-electron chi connectivity index (χ2n) is 9.35. The molecule has 3 heterocycles. The number of tetrazole rings is 1. The fourth-order valence-electron chi connectivity index (χ4n) is 4.07. The first kappa shape index (κ1) is 23.0. The van der Waals surface area contributed by atoms with E-state index >= 15 is 0 Å². The first-order valence-electron chi connectivity index (χ1n) is 10.7. The third-order valence-electron chi connectivity index (χ3n) is 5.82. The molecule has 0 saturated heterocycles. The number of halogens is 1. The fourth-order valence-corrected chi connectivity index (χ4v) is 4.20. The van der Waals surface area contributed by atoms with Crippen molar-refractivity contribution in [1.29, 1.82) is 0 Å². The van der Waals surface area contributed by atoms with Gasteiger partial charge in [0.25, 0.3) is 0 Å². The Morgan fingerprint density at radius 2 is 1.85 bits per heavy atom. The van der Waals surface area contributed by atoms with Gasteiger partial charge in [-0.3, -0.25) is 9.69 Å². The van der Waals surface area contributed by atoms with Gasteiger partial charge in [0.1, 0.15) is 29.6 Å². The second-order valence-corrected chi connectivity index (χ2v) is 9.70. The van der Waals surface area contributed by atoms with E-state index in [2.05, 4.69) is 41.4 Å². The van der Waals surface area contributed by atoms with Gasteiger partial charge in [-0.2, -0.15) is 19.6 Å². The van der Waals surface area contributed by atoms with Crippen molar-refractivity contribution in [2.24, 2.45) is 19.2 Å². The van der Waals surface area contributed by atoms with Gasteiger partial charge in [-0.25, -0.2) is 4.79 Å². The van der Waals surface area contributed by atoms with Crippen molar-refractivity contribution in [2.75, 3.05) is 6.61 Å². The van der Waals surface area contributed by atoms with Crippen molar-refractivity contribution in [3.05, 3.63) is 45.0 Å². The minimum Gasteiger partial charge on any atom is -0.491 e. The molecule has 0 bridgehead atoms. The van der Waals surface area contributed by atoms with Crippen LogP contribution in [0.3, 0.4) is 0 Å². The highest BCUT2D eigenvalue weighted by Gasteiger charge is 2.40. The second kappa shape index (κ2) is 8.33. The van der Waals surface area contributed by atoms with Crippen molar-refractivity contribution in [3.8, 4) is 17.0 Å². The summed E-state index contributed by atoms with van der Waals surface area (Å²) < 4.78 is 10.5. The Balaban J connectivity index is 1.58. The largest absolute Gasteiger partial charge is 0.491 e. The first-order chi connectivity index (χ1) is 15.5. The van der Waals surface area contributed by atoms with Crippen LogP contribution < -0.4 is 10.4 Å². The number of hydrazone groups is 1. The van der Waals surface area contributed by atoms with Gasteiger partial charge in [0.2, 0.25) is 0 Å². The standard InChI is InChI=1S/C22H29ClN8O2/c1-13-10-15(19-14(2)20(23)28(6)25-19)8-9-18(13)33-12-17-16(11-24-31(17)22(3,4)5)30-21(32)29(7)26-27-30/h8-11,16-17H,12H2,1-7H3. The maximum Gasteiger partial charge on any atom is 0.364 e. The maximum atomic E-state index is 12.5. The number of rotatable bonds is 5. The predicted octanol–water partition coefficient (Wildman–Crippen LogP) is 2.74. The van der Waals surface area contributed by atoms with Gasteiger partial charge in [-0.05, 0) is 68.8 Å². The molecule has 0 amide bonds. The molecule has 1 aliphatic rings. The van der Waals surface area contributed by atoms with Gasteiger partial charge in [0.05, 0.1) is 17.4 Å². The predicted molar refractivity (Wildman–Crippen MR) is 127 cm³/mol. The van der Waals surface area contributed by atoms with Crippen LogP contribution in [-0.2, 0) is 14.1 Å². The van der Waals surface area contributed by atoms with Gasteiger partial charge in [0, 0.05) is 25.2 Å². The molecular weight excluding hydrogens is 444 g/mol. The zero-order valence-corrected chi connectivity index (χ0v) is 20.7. The molecule has 2 unspecified atom stereocenters. The van der Waals surface area contributed by atoms with Crippen LogP contribution in [0.15, 0.2) is 28.1 Å². The molecule has 0 fully saturated rings. The molecule has 0 saturated carbocycles. The number of hydrogen-bond donors (Lipinski definition) is 0. The Morgan fingerprint density at radius 3 is 2.39 bits per heavy atom. The lowest BCUT2D eigenvalue weighted by atomic mass is 10.0. The van der Waals surface area contributed by atoms with Gasteiger partial charge in [-0.15, -0.1) is 0 Å². The molecule has 1 aromatic carbocycles. The number of ether oxygens (including phenoxy) is 1. The molecule has 0 aliphatic carbocycles. The Bertz CT molecular complexity index is 1270. The summed E-state index contributed by atoms with van der Waals surface area (Å²) in [4.78, 5) is 12.5. The molecule has 176 valence electrons. The monoisotopic (exact) mass is 472 g/mol. The van der Waals surface area contributed by atoms with Crippen molar-refractivity contribution in [2.45, 2.75) is 52.2 Å². The lowest BCUT2D eigenvalue weighted by molar-refractivity contribution is 0.0541. The molecule has 0 spiro atoms. The Hall–Kier alpha value is -3.14. The average Bonchev–Trinajstić information content (AvgIpc) is 3.39. The number of aryl methyl sites for hydroxylation is 3. The van der Waals surface area contributed by atoms with E-state index in [0.29, 0.717) is 11.8 Å². The Morgan fingerprint density at radius 1 is 1.12 bits per heavy atom. The van der Waals surface area contributed by atoms with E-state index in [1.807, 2.05) is 44.1 Å². The van der Waals surface area contributed by atoms with Crippen LogP contribution >= 0.6 is 11.6 Å². The van der Waals surface area contributed by atoms with E-state index in [9.17, 15) is 4.79 Å². The Kier molecular flexibility index (Phi) is 5.81. The summed E-state index contributed by atoms with van der Waals surface area (Å²) in [6.07, 6.45) is 1.74. The molecular formula is C22H29ClN8O2. The minimum absolute atomic E-state index is 0.227. The van der Waals surface area contributed by atoms with Gasteiger partial charge in [0.15, 0.2) is 0 Å². The van der Waals surface area contributed by atoms with E-state index < -0.39 is 0 Å². The van der Waals surface area contributed by atoms with Gasteiger partial charge >= 0.3 is 5.69 Å². The molecule has 33 heavy (non-hydrogen) atoms. The summed E-state index contributed by atoms with van der Waals surface area (Å²) in [6, 6.07) is 5.34. The molecule has 2 atom stereocenters. The van der Waals surface area contributed by atoms with Crippen LogP contribution in [0.2, 0.25) is 5.15 Å². The van der Waals surface area contributed by atoms with E-state index in [-0.39, 0.29) is 23.3 Å². The third-order valence-corrected chi connectivity index (χ3v) is 6.35. The normalized spacial score (nSPS) is 18.4. The summed E-state index contributed by atoms with van der Waals surface area (Å²) in [5.41, 5.74) is 3.18. The minimum atomic E-state index is -0.386. The smallest absolute Gasteiger partial charge is 0.364 e. The van der Waals surface area contributed by atoms with Crippen molar-refractivity contribution in [3.63, 3.8) is 0 Å². The van der Waals surface area contributed by atoms with Crippen LogP contribution in [0, 0.1) is 13.8 Å².